The molecule has 19 heavy (non-hydrogen) atoms. The molecule has 0 aliphatic rings. The van der Waals surface area contributed by atoms with Gasteiger partial charge < -0.3 is 4.52 Å². The van der Waals surface area contributed by atoms with Crippen LogP contribution in [0.3, 0.4) is 0 Å². The Balaban J connectivity index is -0.0000000878. The average Bonchev–Trinajstić information content (AvgIpc) is 2.28. The van der Waals surface area contributed by atoms with Gasteiger partial charge in [0, 0.05) is 38.8 Å². The van der Waals surface area contributed by atoms with E-state index in [9.17, 15) is 4.57 Å². The van der Waals surface area contributed by atoms with Gasteiger partial charge in [-0.3, -0.25) is 14.5 Å². The van der Waals surface area contributed by atoms with Crippen molar-refractivity contribution in [3.05, 3.63) is 0 Å². The van der Waals surface area contributed by atoms with E-state index in [4.69, 9.17) is 4.52 Å². The quantitative estimate of drug-likeness (QED) is 0.555. The van der Waals surface area contributed by atoms with Crippen molar-refractivity contribution in [2.45, 2.75) is 48.5 Å². The summed E-state index contributed by atoms with van der Waals surface area (Å²) in [7, 11) is 1.44. The largest absolute Gasteiger partial charge is 0.329 e. The summed E-state index contributed by atoms with van der Waals surface area (Å²) in [5.74, 6) is 0. The summed E-state index contributed by atoms with van der Waals surface area (Å²) in [6, 6.07) is 0. The summed E-state index contributed by atoms with van der Waals surface area (Å²) in [4.78, 5) is 7.73. The second-order valence-corrected chi connectivity index (χ2v) is 6.92. The monoisotopic (exact) mass is 294 g/mol. The van der Waals surface area contributed by atoms with Crippen LogP contribution in [0.5, 0.6) is 0 Å². The number of hydrogen-bond donors (Lipinski definition) is 0. The number of rotatable bonds is 3. The maximum absolute atomic E-state index is 10.6. The summed E-state index contributed by atoms with van der Waals surface area (Å²) in [6.45, 7) is 13.7. The summed E-state index contributed by atoms with van der Waals surface area (Å²) in [5, 5.41) is 0. The molecule has 4 nitrogen and oxygen atoms in total. The molecule has 0 aromatic carbocycles. The van der Waals surface area contributed by atoms with Crippen LogP contribution in [0.25, 0.3) is 0 Å². The SMILES string of the molecule is C.CCC(C)=NC.CCOP(C)(C)=O.CN=C(C)C. The molecule has 0 saturated carbocycles. The minimum Gasteiger partial charge on any atom is -0.329 e. The molecule has 0 amide bonds. The summed E-state index contributed by atoms with van der Waals surface area (Å²) < 4.78 is 15.4. The maximum atomic E-state index is 10.6. The minimum atomic E-state index is -2.17. The Hall–Kier alpha value is -0.470. The third-order valence-electron chi connectivity index (χ3n) is 1.78. The smallest absolute Gasteiger partial charge is 0.197 e. The van der Waals surface area contributed by atoms with Crippen molar-refractivity contribution in [2.24, 2.45) is 9.98 Å². The molecule has 0 spiro atoms. The topological polar surface area (TPSA) is 51.0 Å². The highest BCUT2D eigenvalue weighted by Crippen LogP contribution is 2.36. The highest BCUT2D eigenvalue weighted by molar-refractivity contribution is 7.57. The molecule has 0 aromatic rings. The minimum absolute atomic E-state index is 0. The van der Waals surface area contributed by atoms with Crippen LogP contribution in [-0.4, -0.2) is 45.5 Å². The molecule has 0 heterocycles. The Morgan fingerprint density at radius 1 is 1.05 bits per heavy atom. The Morgan fingerprint density at radius 3 is 1.42 bits per heavy atom. The van der Waals surface area contributed by atoms with E-state index in [0.717, 1.165) is 12.1 Å². The molecule has 0 unspecified atom stereocenters. The van der Waals surface area contributed by atoms with E-state index in [1.165, 1.54) is 5.71 Å². The van der Waals surface area contributed by atoms with Crippen LogP contribution >= 0.6 is 7.37 Å². The van der Waals surface area contributed by atoms with Crippen LogP contribution in [0.1, 0.15) is 48.5 Å². The lowest BCUT2D eigenvalue weighted by Crippen LogP contribution is -1.83. The maximum Gasteiger partial charge on any atom is 0.197 e. The van der Waals surface area contributed by atoms with Crippen LogP contribution in [0, 0.1) is 0 Å². The molecule has 5 heteroatoms. The highest BCUT2D eigenvalue weighted by atomic mass is 31.2. The molecule has 0 radical (unpaired) electrons. The van der Waals surface area contributed by atoms with Crippen molar-refractivity contribution in [1.82, 2.24) is 0 Å². The van der Waals surface area contributed by atoms with E-state index in [2.05, 4.69) is 16.9 Å². The lowest BCUT2D eigenvalue weighted by atomic mass is 10.3. The lowest BCUT2D eigenvalue weighted by molar-refractivity contribution is 0.341. The van der Waals surface area contributed by atoms with E-state index < -0.39 is 7.37 Å². The third-order valence-corrected chi connectivity index (χ3v) is 2.66. The third kappa shape index (κ3) is 46.6. The molecule has 0 aromatic heterocycles. The first-order valence-electron chi connectivity index (χ1n) is 6.16. The normalized spacial score (nSPS) is 10.1. The van der Waals surface area contributed by atoms with Crippen LogP contribution in [0.4, 0.5) is 0 Å². The molecular formula is C14H35N2O2P. The van der Waals surface area contributed by atoms with Crippen molar-refractivity contribution >= 4 is 18.8 Å². The van der Waals surface area contributed by atoms with Gasteiger partial charge >= 0.3 is 0 Å². The van der Waals surface area contributed by atoms with E-state index in [1.807, 2.05) is 34.7 Å². The van der Waals surface area contributed by atoms with Gasteiger partial charge in [0.15, 0.2) is 7.37 Å². The van der Waals surface area contributed by atoms with Crippen molar-refractivity contribution in [1.29, 1.82) is 0 Å². The van der Waals surface area contributed by atoms with Crippen LogP contribution in [0.2, 0.25) is 0 Å². The Labute approximate surface area is 121 Å². The Bertz CT molecular complexity index is 277. The summed E-state index contributed by atoms with van der Waals surface area (Å²) >= 11 is 0. The fourth-order valence-electron chi connectivity index (χ4n) is 0.469. The van der Waals surface area contributed by atoms with Gasteiger partial charge in [-0.2, -0.15) is 0 Å². The van der Waals surface area contributed by atoms with Gasteiger partial charge in [0.1, 0.15) is 0 Å². The van der Waals surface area contributed by atoms with Gasteiger partial charge in [0.2, 0.25) is 0 Å². The standard InChI is InChI=1S/C5H11N.C4H9N.C4H11O2P.CH4/c1-4-5(2)6-3;1-4(2)5-3;1-4-6-7(2,3)5;/h4H2,1-3H3;1-3H3;4H2,1-3H3;1H4. The van der Waals surface area contributed by atoms with Gasteiger partial charge in [-0.1, -0.05) is 14.4 Å². The van der Waals surface area contributed by atoms with Gasteiger partial charge in [-0.05, 0) is 34.1 Å². The number of aliphatic imine (C=N–C) groups is 2. The van der Waals surface area contributed by atoms with Crippen LogP contribution in [-0.2, 0) is 9.09 Å². The fourth-order valence-corrected chi connectivity index (χ4v) is 1.09. The van der Waals surface area contributed by atoms with Gasteiger partial charge in [-0.25, -0.2) is 0 Å². The molecule has 118 valence electrons. The van der Waals surface area contributed by atoms with Gasteiger partial charge in [0.05, 0.1) is 6.61 Å². The first-order valence-corrected chi connectivity index (χ1v) is 8.68. The molecule has 0 saturated heterocycles. The summed E-state index contributed by atoms with van der Waals surface area (Å²) in [6.07, 6.45) is 1.08. The van der Waals surface area contributed by atoms with Crippen molar-refractivity contribution in [3.8, 4) is 0 Å². The van der Waals surface area contributed by atoms with E-state index in [0.29, 0.717) is 6.61 Å². The highest BCUT2D eigenvalue weighted by Gasteiger charge is 2.02. The molecule has 0 aliphatic carbocycles. The average molecular weight is 294 g/mol. The molecule has 0 rings (SSSR count). The molecular weight excluding hydrogens is 259 g/mol. The van der Waals surface area contributed by atoms with Crippen LogP contribution in [0.15, 0.2) is 9.98 Å². The fraction of sp³-hybridized carbons (Fsp3) is 0.857. The summed E-state index contributed by atoms with van der Waals surface area (Å²) in [5.41, 5.74) is 2.35. The molecule has 0 atom stereocenters. The van der Waals surface area contributed by atoms with Crippen molar-refractivity contribution < 1.29 is 9.09 Å². The van der Waals surface area contributed by atoms with Gasteiger partial charge in [-0.15, -0.1) is 0 Å². The second-order valence-electron chi connectivity index (χ2n) is 4.15. The van der Waals surface area contributed by atoms with E-state index in [-0.39, 0.29) is 7.43 Å². The zero-order valence-corrected chi connectivity index (χ0v) is 14.5. The van der Waals surface area contributed by atoms with Crippen LogP contribution < -0.4 is 0 Å². The predicted octanol–water partition coefficient (Wildman–Crippen LogP) is 4.78. The molecule has 0 aliphatic heterocycles. The first kappa shape index (κ1) is 27.0. The molecule has 0 fully saturated rings. The molecule has 0 bridgehead atoms. The zero-order valence-electron chi connectivity index (χ0n) is 13.6. The number of nitrogens with zero attached hydrogens (tertiary/aromatic N) is 2. The van der Waals surface area contributed by atoms with Crippen molar-refractivity contribution in [3.63, 3.8) is 0 Å². The number of hydrogen-bond acceptors (Lipinski definition) is 4. The van der Waals surface area contributed by atoms with Crippen molar-refractivity contribution in [2.75, 3.05) is 34.0 Å². The van der Waals surface area contributed by atoms with E-state index >= 15 is 0 Å². The predicted molar refractivity (Wildman–Crippen MR) is 91.8 cm³/mol. The van der Waals surface area contributed by atoms with E-state index in [1.54, 1.807) is 20.4 Å². The Kier molecular flexibility index (Phi) is 24.9. The molecule has 0 N–H and O–H groups in total. The van der Waals surface area contributed by atoms with Gasteiger partial charge in [0.25, 0.3) is 0 Å². The first-order chi connectivity index (χ1) is 8.14. The zero-order chi connectivity index (χ0) is 15.2. The lowest BCUT2D eigenvalue weighted by Gasteiger charge is -2.02. The Morgan fingerprint density at radius 2 is 1.42 bits per heavy atom. The second kappa shape index (κ2) is 17.5.